The zero-order valence-electron chi connectivity index (χ0n) is 15.6. The van der Waals surface area contributed by atoms with Crippen molar-refractivity contribution in [2.75, 3.05) is 0 Å². The lowest BCUT2D eigenvalue weighted by Crippen LogP contribution is -1.87. The fourth-order valence-electron chi connectivity index (χ4n) is 3.48. The third-order valence-electron chi connectivity index (χ3n) is 5.04. The summed E-state index contributed by atoms with van der Waals surface area (Å²) in [5.74, 6) is 0. The molecule has 3 aromatic carbocycles. The van der Waals surface area contributed by atoms with Crippen LogP contribution in [0.15, 0.2) is 103 Å². The van der Waals surface area contributed by atoms with E-state index in [1.807, 2.05) is 30.5 Å². The van der Waals surface area contributed by atoms with Gasteiger partial charge in [-0.1, -0.05) is 48.5 Å². The zero-order chi connectivity index (χ0) is 19.6. The van der Waals surface area contributed by atoms with Gasteiger partial charge in [0.05, 0.1) is 11.4 Å². The van der Waals surface area contributed by atoms with Crippen molar-refractivity contribution in [2.45, 2.75) is 0 Å². The monoisotopic (exact) mass is 484 g/mol. The van der Waals surface area contributed by atoms with Gasteiger partial charge < -0.3 is 0 Å². The lowest BCUT2D eigenvalue weighted by molar-refractivity contribution is 1.25. The maximum Gasteiger partial charge on any atom is 0.0886 e. The second kappa shape index (κ2) is 7.76. The molecule has 0 aliphatic heterocycles. The molecule has 0 spiro atoms. The van der Waals surface area contributed by atoms with Crippen molar-refractivity contribution in [3.8, 4) is 33.6 Å². The van der Waals surface area contributed by atoms with E-state index in [2.05, 4.69) is 99.3 Å². The largest absolute Gasteiger partial charge is 0.255 e. The molecule has 0 bridgehead atoms. The predicted octanol–water partition coefficient (Wildman–Crippen LogP) is 7.24. The highest BCUT2D eigenvalue weighted by Crippen LogP contribution is 2.29. The van der Waals surface area contributed by atoms with Crippen LogP contribution in [0.5, 0.6) is 0 Å². The molecule has 0 atom stereocenters. The van der Waals surface area contributed by atoms with Crippen molar-refractivity contribution >= 4 is 33.4 Å². The summed E-state index contributed by atoms with van der Waals surface area (Å²) >= 11 is 2.34. The normalized spacial score (nSPS) is 10.9. The fourth-order valence-corrected chi connectivity index (χ4v) is 3.84. The Morgan fingerprint density at radius 2 is 1.17 bits per heavy atom. The summed E-state index contributed by atoms with van der Waals surface area (Å²) < 4.78 is 1.25. The van der Waals surface area contributed by atoms with Gasteiger partial charge >= 0.3 is 0 Å². The molecule has 2 aromatic heterocycles. The van der Waals surface area contributed by atoms with Crippen LogP contribution in [0.2, 0.25) is 0 Å². The summed E-state index contributed by atoms with van der Waals surface area (Å²) in [7, 11) is 0. The third kappa shape index (κ3) is 3.78. The Hall–Kier alpha value is -3.05. The van der Waals surface area contributed by atoms with Gasteiger partial charge in [-0.05, 0) is 92.5 Å². The molecular weight excluding hydrogens is 467 g/mol. The van der Waals surface area contributed by atoms with E-state index in [9.17, 15) is 0 Å². The standard InChI is InChI=1S/C26H17IN2/c27-24-11-8-18(9-12-24)20-6-4-19-5-7-21(16-23(19)15-20)22-10-13-26(29-17-22)25-3-1-2-14-28-25/h1-17H. The lowest BCUT2D eigenvalue weighted by atomic mass is 9.98. The van der Waals surface area contributed by atoms with Crippen LogP contribution >= 0.6 is 22.6 Å². The molecule has 0 aliphatic carbocycles. The highest BCUT2D eigenvalue weighted by molar-refractivity contribution is 14.1. The number of aromatic nitrogens is 2. The number of halogens is 1. The number of rotatable bonds is 3. The maximum absolute atomic E-state index is 4.62. The van der Waals surface area contributed by atoms with Crippen LogP contribution in [0.1, 0.15) is 0 Å². The summed E-state index contributed by atoms with van der Waals surface area (Å²) in [6.07, 6.45) is 3.72. The molecule has 2 nitrogen and oxygen atoms in total. The van der Waals surface area contributed by atoms with Crippen LogP contribution in [-0.4, -0.2) is 9.97 Å². The fraction of sp³-hybridized carbons (Fsp3) is 0. The number of hydrogen-bond acceptors (Lipinski definition) is 2. The SMILES string of the molecule is Ic1ccc(-c2ccc3ccc(-c4ccc(-c5ccccn5)nc4)cc3c2)cc1. The molecule has 5 rings (SSSR count). The van der Waals surface area contributed by atoms with Gasteiger partial charge in [0, 0.05) is 21.5 Å². The second-order valence-corrected chi connectivity index (χ2v) is 8.18. The minimum absolute atomic E-state index is 0.885. The minimum atomic E-state index is 0.885. The highest BCUT2D eigenvalue weighted by Gasteiger charge is 2.05. The first kappa shape index (κ1) is 18.0. The van der Waals surface area contributed by atoms with Gasteiger partial charge in [-0.3, -0.25) is 9.97 Å². The zero-order valence-corrected chi connectivity index (χ0v) is 17.7. The van der Waals surface area contributed by atoms with Crippen molar-refractivity contribution in [2.24, 2.45) is 0 Å². The predicted molar refractivity (Wildman–Crippen MR) is 129 cm³/mol. The summed E-state index contributed by atoms with van der Waals surface area (Å²) in [5.41, 5.74) is 6.51. The van der Waals surface area contributed by atoms with Crippen molar-refractivity contribution in [3.63, 3.8) is 0 Å². The average molecular weight is 484 g/mol. The first-order valence-corrected chi connectivity index (χ1v) is 10.5. The van der Waals surface area contributed by atoms with Gasteiger partial charge in [0.25, 0.3) is 0 Å². The van der Waals surface area contributed by atoms with Gasteiger partial charge in [0.15, 0.2) is 0 Å². The van der Waals surface area contributed by atoms with E-state index >= 15 is 0 Å². The van der Waals surface area contributed by atoms with Crippen molar-refractivity contribution in [3.05, 3.63) is 107 Å². The molecule has 0 saturated carbocycles. The number of pyridine rings is 2. The van der Waals surface area contributed by atoms with Crippen LogP contribution in [0.4, 0.5) is 0 Å². The first-order valence-electron chi connectivity index (χ1n) is 9.44. The number of fused-ring (bicyclic) bond motifs is 1. The van der Waals surface area contributed by atoms with Crippen LogP contribution in [0.25, 0.3) is 44.4 Å². The quantitative estimate of drug-likeness (QED) is 0.253. The molecule has 0 N–H and O–H groups in total. The van der Waals surface area contributed by atoms with E-state index in [1.165, 1.54) is 25.5 Å². The highest BCUT2D eigenvalue weighted by atomic mass is 127. The Balaban J connectivity index is 1.51. The molecule has 0 saturated heterocycles. The molecule has 3 heteroatoms. The molecule has 2 heterocycles. The lowest BCUT2D eigenvalue weighted by Gasteiger charge is -2.08. The number of hydrogen-bond donors (Lipinski definition) is 0. The summed E-state index contributed by atoms with van der Waals surface area (Å²) in [6, 6.07) is 31.9. The van der Waals surface area contributed by atoms with Gasteiger partial charge in [0.1, 0.15) is 0 Å². The Bertz CT molecular complexity index is 1280. The molecule has 5 aromatic rings. The summed E-state index contributed by atoms with van der Waals surface area (Å²) in [4.78, 5) is 8.99. The second-order valence-electron chi connectivity index (χ2n) is 6.93. The van der Waals surface area contributed by atoms with E-state index in [4.69, 9.17) is 0 Å². The topological polar surface area (TPSA) is 25.8 Å². The number of nitrogens with zero attached hydrogens (tertiary/aromatic N) is 2. The molecule has 0 unspecified atom stereocenters. The smallest absolute Gasteiger partial charge is 0.0886 e. The van der Waals surface area contributed by atoms with Gasteiger partial charge in [-0.25, -0.2) is 0 Å². The van der Waals surface area contributed by atoms with Crippen LogP contribution in [-0.2, 0) is 0 Å². The number of benzene rings is 3. The Morgan fingerprint density at radius 1 is 0.517 bits per heavy atom. The van der Waals surface area contributed by atoms with E-state index in [-0.39, 0.29) is 0 Å². The van der Waals surface area contributed by atoms with Crippen molar-refractivity contribution in [1.29, 1.82) is 0 Å². The van der Waals surface area contributed by atoms with E-state index < -0.39 is 0 Å². The van der Waals surface area contributed by atoms with Gasteiger partial charge in [0.2, 0.25) is 0 Å². The van der Waals surface area contributed by atoms with Gasteiger partial charge in [-0.15, -0.1) is 0 Å². The first-order chi connectivity index (χ1) is 14.3. The molecule has 0 aliphatic rings. The maximum atomic E-state index is 4.62. The Morgan fingerprint density at radius 3 is 1.83 bits per heavy atom. The van der Waals surface area contributed by atoms with Crippen LogP contribution in [0.3, 0.4) is 0 Å². The third-order valence-corrected chi connectivity index (χ3v) is 5.76. The Labute approximate surface area is 183 Å². The van der Waals surface area contributed by atoms with Gasteiger partial charge in [-0.2, -0.15) is 0 Å². The molecule has 0 radical (unpaired) electrons. The van der Waals surface area contributed by atoms with E-state index in [0.717, 1.165) is 22.5 Å². The average Bonchev–Trinajstić information content (AvgIpc) is 2.79. The van der Waals surface area contributed by atoms with E-state index in [0.29, 0.717) is 0 Å². The van der Waals surface area contributed by atoms with Crippen molar-refractivity contribution in [1.82, 2.24) is 9.97 Å². The molecule has 0 amide bonds. The minimum Gasteiger partial charge on any atom is -0.255 e. The Kier molecular flexibility index (Phi) is 4.82. The summed E-state index contributed by atoms with van der Waals surface area (Å²) in [6.45, 7) is 0. The van der Waals surface area contributed by atoms with Crippen molar-refractivity contribution < 1.29 is 0 Å². The molecular formula is C26H17IN2. The van der Waals surface area contributed by atoms with Crippen LogP contribution < -0.4 is 0 Å². The summed E-state index contributed by atoms with van der Waals surface area (Å²) in [5, 5.41) is 2.47. The molecule has 29 heavy (non-hydrogen) atoms. The van der Waals surface area contributed by atoms with E-state index in [1.54, 1.807) is 6.20 Å². The molecule has 0 fully saturated rings. The van der Waals surface area contributed by atoms with Crippen LogP contribution in [0, 0.1) is 3.57 Å². The molecule has 138 valence electrons.